The SMILES string of the molecule is C[C@H](CCCC(C)(C)O)C1CCC2/C(=C/C=C3/C[C@@H](O)C4=CCO[C@@H]4C3)CCC[C@@]21C. The largest absolute Gasteiger partial charge is 0.390 e. The summed E-state index contributed by atoms with van der Waals surface area (Å²) < 4.78 is 5.80. The normalized spacial score (nSPS) is 39.5. The average Bonchev–Trinajstić information content (AvgIpc) is 3.29. The van der Waals surface area contributed by atoms with Gasteiger partial charge in [0.25, 0.3) is 0 Å². The number of aliphatic hydroxyl groups is 2. The van der Waals surface area contributed by atoms with Crippen LogP contribution in [0.2, 0.25) is 0 Å². The van der Waals surface area contributed by atoms with E-state index >= 15 is 0 Å². The van der Waals surface area contributed by atoms with Crippen molar-refractivity contribution in [1.82, 2.24) is 0 Å². The minimum Gasteiger partial charge on any atom is -0.390 e. The Hall–Kier alpha value is -0.900. The monoisotopic (exact) mass is 428 g/mol. The van der Waals surface area contributed by atoms with Gasteiger partial charge in [-0.25, -0.2) is 0 Å². The molecule has 3 aliphatic carbocycles. The highest BCUT2D eigenvalue weighted by Crippen LogP contribution is 2.60. The summed E-state index contributed by atoms with van der Waals surface area (Å²) in [5.74, 6) is 2.24. The lowest BCUT2D eigenvalue weighted by Crippen LogP contribution is -2.36. The molecule has 3 heteroatoms. The molecule has 0 spiro atoms. The van der Waals surface area contributed by atoms with E-state index in [2.05, 4.69) is 32.1 Å². The van der Waals surface area contributed by atoms with Gasteiger partial charge in [-0.3, -0.25) is 0 Å². The topological polar surface area (TPSA) is 49.7 Å². The third-order valence-corrected chi connectivity index (χ3v) is 8.98. The average molecular weight is 429 g/mol. The maximum absolute atomic E-state index is 10.5. The second-order valence-corrected chi connectivity index (χ2v) is 11.8. The molecule has 2 N–H and O–H groups in total. The fraction of sp³-hybridized carbons (Fsp3) is 0.786. The minimum atomic E-state index is -0.539. The Morgan fingerprint density at radius 1 is 1.26 bits per heavy atom. The van der Waals surface area contributed by atoms with E-state index in [0.717, 1.165) is 43.1 Å². The van der Waals surface area contributed by atoms with Crippen molar-refractivity contribution in [3.63, 3.8) is 0 Å². The highest BCUT2D eigenvalue weighted by atomic mass is 16.5. The van der Waals surface area contributed by atoms with E-state index in [-0.39, 0.29) is 12.2 Å². The van der Waals surface area contributed by atoms with Gasteiger partial charge in [0.15, 0.2) is 0 Å². The Bertz CT molecular complexity index is 740. The lowest BCUT2D eigenvalue weighted by atomic mass is 9.60. The number of hydrogen-bond acceptors (Lipinski definition) is 3. The number of allylic oxidation sites excluding steroid dienone is 3. The zero-order valence-corrected chi connectivity index (χ0v) is 20.2. The molecule has 4 rings (SSSR count). The molecule has 0 radical (unpaired) electrons. The Labute approximate surface area is 189 Å². The molecule has 4 aliphatic rings. The van der Waals surface area contributed by atoms with Crippen LogP contribution in [0.3, 0.4) is 0 Å². The maximum atomic E-state index is 10.5. The Balaban J connectivity index is 1.42. The molecular weight excluding hydrogens is 384 g/mol. The molecule has 0 aromatic heterocycles. The van der Waals surface area contributed by atoms with Crippen LogP contribution in [0.4, 0.5) is 0 Å². The number of rotatable bonds is 6. The van der Waals surface area contributed by atoms with Crippen LogP contribution in [0.25, 0.3) is 0 Å². The van der Waals surface area contributed by atoms with Gasteiger partial charge in [-0.1, -0.05) is 56.1 Å². The summed E-state index contributed by atoms with van der Waals surface area (Å²) in [6.45, 7) is 9.53. The standard InChI is InChI=1S/C28H44O3/c1-19(7-5-14-27(2,3)30)23-11-12-24-21(8-6-15-28(23,24)4)10-9-20-17-25(29)22-13-16-31-26(22)18-20/h9-10,13,19,23-26,29-30H,5-8,11-12,14-18H2,1-4H3/b20-9-,21-10+/t19-,23?,24?,25-,26-,28-/m1/s1. The molecule has 0 aromatic rings. The fourth-order valence-electron chi connectivity index (χ4n) is 7.34. The van der Waals surface area contributed by atoms with E-state index in [4.69, 9.17) is 4.74 Å². The second kappa shape index (κ2) is 9.15. The van der Waals surface area contributed by atoms with E-state index in [9.17, 15) is 10.2 Å². The Morgan fingerprint density at radius 2 is 2.06 bits per heavy atom. The Morgan fingerprint density at radius 3 is 2.84 bits per heavy atom. The summed E-state index contributed by atoms with van der Waals surface area (Å²) in [6.07, 6.45) is 18.1. The first kappa shape index (κ1) is 23.3. The number of ether oxygens (including phenoxy) is 1. The zero-order chi connectivity index (χ0) is 22.2. The van der Waals surface area contributed by atoms with Crippen molar-refractivity contribution in [1.29, 1.82) is 0 Å². The van der Waals surface area contributed by atoms with Crippen LogP contribution in [0, 0.1) is 23.2 Å². The molecule has 6 atom stereocenters. The predicted molar refractivity (Wildman–Crippen MR) is 127 cm³/mol. The van der Waals surface area contributed by atoms with Crippen LogP contribution < -0.4 is 0 Å². The van der Waals surface area contributed by atoms with Gasteiger partial charge >= 0.3 is 0 Å². The van der Waals surface area contributed by atoms with Gasteiger partial charge in [-0.05, 0) is 94.0 Å². The maximum Gasteiger partial charge on any atom is 0.0852 e. The van der Waals surface area contributed by atoms with E-state index in [0.29, 0.717) is 17.9 Å². The summed E-state index contributed by atoms with van der Waals surface area (Å²) in [4.78, 5) is 0. The summed E-state index contributed by atoms with van der Waals surface area (Å²) in [5.41, 5.74) is 3.98. The van der Waals surface area contributed by atoms with Crippen LogP contribution >= 0.6 is 0 Å². The molecule has 0 amide bonds. The van der Waals surface area contributed by atoms with Crippen molar-refractivity contribution in [3.05, 3.63) is 34.9 Å². The smallest absolute Gasteiger partial charge is 0.0852 e. The molecular formula is C28H44O3. The Kier molecular flexibility index (Phi) is 6.87. The third kappa shape index (κ3) is 5.04. The minimum absolute atomic E-state index is 0.102. The van der Waals surface area contributed by atoms with Gasteiger partial charge in [-0.2, -0.15) is 0 Å². The van der Waals surface area contributed by atoms with Crippen LogP contribution in [-0.4, -0.2) is 34.6 Å². The van der Waals surface area contributed by atoms with Crippen molar-refractivity contribution in [2.75, 3.05) is 6.61 Å². The summed E-state index contributed by atoms with van der Waals surface area (Å²) >= 11 is 0. The number of fused-ring (bicyclic) bond motifs is 2. The predicted octanol–water partition coefficient (Wildman–Crippen LogP) is 6.11. The molecule has 0 aromatic carbocycles. The van der Waals surface area contributed by atoms with E-state index in [1.54, 1.807) is 5.57 Å². The lowest BCUT2D eigenvalue weighted by molar-refractivity contribution is 0.0596. The highest BCUT2D eigenvalue weighted by Gasteiger charge is 2.50. The first-order chi connectivity index (χ1) is 14.7. The van der Waals surface area contributed by atoms with Gasteiger partial charge in [0.1, 0.15) is 0 Å². The van der Waals surface area contributed by atoms with Crippen molar-refractivity contribution >= 4 is 0 Å². The second-order valence-electron chi connectivity index (χ2n) is 11.8. The first-order valence-corrected chi connectivity index (χ1v) is 12.8. The zero-order valence-electron chi connectivity index (χ0n) is 20.2. The van der Waals surface area contributed by atoms with Crippen LogP contribution in [0.5, 0.6) is 0 Å². The van der Waals surface area contributed by atoms with E-state index in [1.807, 2.05) is 13.8 Å². The van der Waals surface area contributed by atoms with Crippen molar-refractivity contribution in [3.8, 4) is 0 Å². The summed E-state index contributed by atoms with van der Waals surface area (Å²) in [6, 6.07) is 0. The first-order valence-electron chi connectivity index (χ1n) is 12.8. The fourth-order valence-corrected chi connectivity index (χ4v) is 7.34. The van der Waals surface area contributed by atoms with Gasteiger partial charge < -0.3 is 14.9 Å². The van der Waals surface area contributed by atoms with Crippen LogP contribution in [-0.2, 0) is 4.74 Å². The van der Waals surface area contributed by atoms with E-state index in [1.165, 1.54) is 44.1 Å². The van der Waals surface area contributed by atoms with Gasteiger partial charge in [0, 0.05) is 0 Å². The van der Waals surface area contributed by atoms with Gasteiger partial charge in [-0.15, -0.1) is 0 Å². The number of aliphatic hydroxyl groups excluding tert-OH is 1. The van der Waals surface area contributed by atoms with Crippen molar-refractivity contribution < 1.29 is 14.9 Å². The highest BCUT2D eigenvalue weighted by molar-refractivity contribution is 5.32. The molecule has 0 bridgehead atoms. The molecule has 31 heavy (non-hydrogen) atoms. The molecule has 3 nitrogen and oxygen atoms in total. The molecule has 2 unspecified atom stereocenters. The van der Waals surface area contributed by atoms with Gasteiger partial charge in [0.2, 0.25) is 0 Å². The third-order valence-electron chi connectivity index (χ3n) is 8.98. The van der Waals surface area contributed by atoms with E-state index < -0.39 is 5.60 Å². The van der Waals surface area contributed by atoms with Crippen LogP contribution in [0.15, 0.2) is 34.9 Å². The van der Waals surface area contributed by atoms with Crippen molar-refractivity contribution in [2.45, 2.75) is 110 Å². The molecule has 1 aliphatic heterocycles. The molecule has 174 valence electrons. The molecule has 3 fully saturated rings. The molecule has 3 saturated carbocycles. The quantitative estimate of drug-likeness (QED) is 0.502. The number of hydrogen-bond donors (Lipinski definition) is 2. The summed E-state index contributed by atoms with van der Waals surface area (Å²) in [5, 5.41) is 20.5. The summed E-state index contributed by atoms with van der Waals surface area (Å²) in [7, 11) is 0. The molecule has 0 saturated heterocycles. The molecule has 1 heterocycles. The lowest BCUT2D eigenvalue weighted by Gasteiger charge is -2.44. The van der Waals surface area contributed by atoms with Crippen LogP contribution in [0.1, 0.15) is 91.9 Å². The van der Waals surface area contributed by atoms with Crippen molar-refractivity contribution in [2.24, 2.45) is 23.2 Å². The van der Waals surface area contributed by atoms with Gasteiger partial charge in [0.05, 0.1) is 24.4 Å².